The first kappa shape index (κ1) is 13.3. The Morgan fingerprint density at radius 2 is 2.05 bits per heavy atom. The van der Waals surface area contributed by atoms with Gasteiger partial charge in [0.05, 0.1) is 7.11 Å². The van der Waals surface area contributed by atoms with E-state index in [1.807, 2.05) is 30.0 Å². The van der Waals surface area contributed by atoms with Gasteiger partial charge in [-0.15, -0.1) is 0 Å². The number of benzene rings is 1. The fraction of sp³-hybridized carbons (Fsp3) is 0.562. The van der Waals surface area contributed by atoms with Crippen molar-refractivity contribution < 1.29 is 14.3 Å². The van der Waals surface area contributed by atoms with Crippen molar-refractivity contribution in [2.75, 3.05) is 7.11 Å². The monoisotopic (exact) mass is 275 g/mol. The summed E-state index contributed by atoms with van der Waals surface area (Å²) in [5.41, 5.74) is 1.04. The van der Waals surface area contributed by atoms with E-state index in [-0.39, 0.29) is 5.91 Å². The number of para-hydroxylation sites is 1. The fourth-order valence-corrected chi connectivity index (χ4v) is 3.23. The van der Waals surface area contributed by atoms with Gasteiger partial charge in [0.2, 0.25) is 0 Å². The summed E-state index contributed by atoms with van der Waals surface area (Å²) >= 11 is 0. The highest BCUT2D eigenvalue weighted by Gasteiger charge is 2.34. The summed E-state index contributed by atoms with van der Waals surface area (Å²) in [6.07, 6.45) is 4.20. The van der Waals surface area contributed by atoms with E-state index in [1.54, 1.807) is 7.11 Å². The van der Waals surface area contributed by atoms with Crippen molar-refractivity contribution in [3.05, 3.63) is 23.8 Å². The second kappa shape index (κ2) is 5.35. The van der Waals surface area contributed by atoms with E-state index in [1.165, 1.54) is 12.8 Å². The Morgan fingerprint density at radius 1 is 1.30 bits per heavy atom. The minimum Gasteiger partial charge on any atom is -0.493 e. The highest BCUT2D eigenvalue weighted by atomic mass is 16.5. The summed E-state index contributed by atoms with van der Waals surface area (Å²) in [5, 5.41) is 0. The molecule has 1 unspecified atom stereocenters. The van der Waals surface area contributed by atoms with E-state index in [0.717, 1.165) is 24.2 Å². The first-order chi connectivity index (χ1) is 9.70. The van der Waals surface area contributed by atoms with Crippen LogP contribution in [0.25, 0.3) is 0 Å². The van der Waals surface area contributed by atoms with Crippen molar-refractivity contribution in [2.24, 2.45) is 0 Å². The molecule has 0 bridgehead atoms. The molecule has 1 aliphatic carbocycles. The molecule has 20 heavy (non-hydrogen) atoms. The fourth-order valence-electron chi connectivity index (χ4n) is 3.23. The smallest absolute Gasteiger partial charge is 0.263 e. The van der Waals surface area contributed by atoms with Gasteiger partial charge in [-0.1, -0.05) is 25.0 Å². The van der Waals surface area contributed by atoms with E-state index >= 15 is 0 Å². The molecule has 0 saturated heterocycles. The maximum Gasteiger partial charge on any atom is 0.263 e. The summed E-state index contributed by atoms with van der Waals surface area (Å²) in [6, 6.07) is 6.21. The second-order valence-corrected chi connectivity index (χ2v) is 5.61. The molecule has 2 aliphatic rings. The van der Waals surface area contributed by atoms with Gasteiger partial charge in [-0.3, -0.25) is 4.79 Å². The Labute approximate surface area is 119 Å². The van der Waals surface area contributed by atoms with Crippen LogP contribution in [0.1, 0.15) is 38.2 Å². The number of amides is 1. The number of methoxy groups -OCH3 is 1. The Kier molecular flexibility index (Phi) is 3.55. The topological polar surface area (TPSA) is 38.8 Å². The molecule has 0 aromatic heterocycles. The Morgan fingerprint density at radius 3 is 2.75 bits per heavy atom. The average Bonchev–Trinajstić information content (AvgIpc) is 2.95. The second-order valence-electron chi connectivity index (χ2n) is 5.61. The zero-order valence-corrected chi connectivity index (χ0v) is 12.1. The van der Waals surface area contributed by atoms with Crippen molar-refractivity contribution in [2.45, 2.75) is 51.3 Å². The van der Waals surface area contributed by atoms with Gasteiger partial charge in [0.15, 0.2) is 17.6 Å². The molecule has 0 spiro atoms. The van der Waals surface area contributed by atoms with E-state index in [0.29, 0.717) is 18.3 Å². The lowest BCUT2D eigenvalue weighted by Crippen LogP contribution is -2.43. The van der Waals surface area contributed by atoms with E-state index < -0.39 is 6.10 Å². The molecular formula is C16H21NO3. The van der Waals surface area contributed by atoms with Crippen molar-refractivity contribution in [1.29, 1.82) is 0 Å². The van der Waals surface area contributed by atoms with Crippen LogP contribution in [0.4, 0.5) is 0 Å². The van der Waals surface area contributed by atoms with Crippen LogP contribution < -0.4 is 9.47 Å². The molecule has 4 heteroatoms. The van der Waals surface area contributed by atoms with Gasteiger partial charge in [0, 0.05) is 18.2 Å². The highest BCUT2D eigenvalue weighted by Crippen LogP contribution is 2.37. The lowest BCUT2D eigenvalue weighted by Gasteiger charge is -2.28. The van der Waals surface area contributed by atoms with Gasteiger partial charge >= 0.3 is 0 Å². The zero-order valence-electron chi connectivity index (χ0n) is 12.1. The van der Waals surface area contributed by atoms with Crippen molar-refractivity contribution in [1.82, 2.24) is 4.90 Å². The molecule has 1 heterocycles. The van der Waals surface area contributed by atoms with Gasteiger partial charge in [0.25, 0.3) is 5.91 Å². The standard InChI is InChI=1S/C16H21NO3/c1-11-16(18)17(13-7-3-4-8-13)10-12-6-5-9-14(19-2)15(12)20-11/h5-6,9,11,13H,3-4,7-8,10H2,1-2H3. The van der Waals surface area contributed by atoms with Crippen molar-refractivity contribution in [3.63, 3.8) is 0 Å². The Bertz CT molecular complexity index is 508. The molecule has 108 valence electrons. The third kappa shape index (κ3) is 2.23. The summed E-state index contributed by atoms with van der Waals surface area (Å²) in [4.78, 5) is 14.6. The predicted octanol–water partition coefficient (Wildman–Crippen LogP) is 2.75. The van der Waals surface area contributed by atoms with Gasteiger partial charge < -0.3 is 14.4 Å². The number of carbonyl (C=O) groups excluding carboxylic acids is 1. The molecule has 1 aromatic rings. The minimum absolute atomic E-state index is 0.0927. The SMILES string of the molecule is COc1cccc2c1OC(C)C(=O)N(C1CCCC1)C2. The summed E-state index contributed by atoms with van der Waals surface area (Å²) in [6.45, 7) is 2.45. The van der Waals surface area contributed by atoms with E-state index in [4.69, 9.17) is 9.47 Å². The van der Waals surface area contributed by atoms with Crippen LogP contribution in [0.2, 0.25) is 0 Å². The molecule has 0 N–H and O–H groups in total. The first-order valence-corrected chi connectivity index (χ1v) is 7.33. The van der Waals surface area contributed by atoms with E-state index in [2.05, 4.69) is 0 Å². The summed E-state index contributed by atoms with van der Waals surface area (Å²) < 4.78 is 11.2. The largest absolute Gasteiger partial charge is 0.493 e. The zero-order chi connectivity index (χ0) is 14.1. The van der Waals surface area contributed by atoms with Gasteiger partial charge in [0.1, 0.15) is 0 Å². The number of carbonyl (C=O) groups is 1. The maximum atomic E-state index is 12.6. The maximum absolute atomic E-state index is 12.6. The number of ether oxygens (including phenoxy) is 2. The molecule has 1 fully saturated rings. The Balaban J connectivity index is 1.96. The lowest BCUT2D eigenvalue weighted by molar-refractivity contribution is -0.140. The van der Waals surface area contributed by atoms with Crippen LogP contribution in [-0.2, 0) is 11.3 Å². The van der Waals surface area contributed by atoms with Crippen LogP contribution >= 0.6 is 0 Å². The number of nitrogens with zero attached hydrogens (tertiary/aromatic N) is 1. The van der Waals surface area contributed by atoms with Crippen molar-refractivity contribution >= 4 is 5.91 Å². The number of fused-ring (bicyclic) bond motifs is 1. The van der Waals surface area contributed by atoms with E-state index in [9.17, 15) is 4.79 Å². The van der Waals surface area contributed by atoms with Crippen LogP contribution in [-0.4, -0.2) is 30.1 Å². The predicted molar refractivity (Wildman–Crippen MR) is 75.9 cm³/mol. The number of hydrogen-bond acceptors (Lipinski definition) is 3. The molecule has 1 aliphatic heterocycles. The molecular weight excluding hydrogens is 254 g/mol. The molecule has 1 aromatic carbocycles. The van der Waals surface area contributed by atoms with Crippen LogP contribution in [0, 0.1) is 0 Å². The van der Waals surface area contributed by atoms with Crippen molar-refractivity contribution in [3.8, 4) is 11.5 Å². The van der Waals surface area contributed by atoms with Crippen LogP contribution in [0.3, 0.4) is 0 Å². The number of hydrogen-bond donors (Lipinski definition) is 0. The number of rotatable bonds is 2. The van der Waals surface area contributed by atoms with Crippen LogP contribution in [0.15, 0.2) is 18.2 Å². The van der Waals surface area contributed by atoms with Gasteiger partial charge in [-0.2, -0.15) is 0 Å². The average molecular weight is 275 g/mol. The molecule has 1 atom stereocenters. The molecule has 1 saturated carbocycles. The van der Waals surface area contributed by atoms with Gasteiger partial charge in [-0.25, -0.2) is 0 Å². The first-order valence-electron chi connectivity index (χ1n) is 7.33. The Hall–Kier alpha value is -1.71. The molecule has 3 rings (SSSR count). The van der Waals surface area contributed by atoms with Gasteiger partial charge in [-0.05, 0) is 25.8 Å². The quantitative estimate of drug-likeness (QED) is 0.833. The highest BCUT2D eigenvalue weighted by molar-refractivity contribution is 5.82. The lowest BCUT2D eigenvalue weighted by atomic mass is 10.1. The molecule has 0 radical (unpaired) electrons. The minimum atomic E-state index is -0.451. The summed E-state index contributed by atoms with van der Waals surface area (Å²) in [5.74, 6) is 1.52. The third-order valence-electron chi connectivity index (χ3n) is 4.31. The molecule has 1 amide bonds. The normalized spacial score (nSPS) is 23.2. The molecule has 4 nitrogen and oxygen atoms in total. The summed E-state index contributed by atoms with van der Waals surface area (Å²) in [7, 11) is 1.63. The van der Waals surface area contributed by atoms with Crippen LogP contribution in [0.5, 0.6) is 11.5 Å². The third-order valence-corrected chi connectivity index (χ3v) is 4.31.